The zero-order valence-corrected chi connectivity index (χ0v) is 10.6. The van der Waals surface area contributed by atoms with E-state index in [9.17, 15) is 5.11 Å². The number of pyridine rings is 1. The van der Waals surface area contributed by atoms with Crippen molar-refractivity contribution in [2.24, 2.45) is 0 Å². The largest absolute Gasteiger partial charge is 0.394 e. The summed E-state index contributed by atoms with van der Waals surface area (Å²) in [5.41, 5.74) is 1.43. The lowest BCUT2D eigenvalue weighted by Crippen LogP contribution is -2.50. The van der Waals surface area contributed by atoms with Crippen LogP contribution >= 0.6 is 0 Å². The van der Waals surface area contributed by atoms with Crippen LogP contribution in [0.2, 0.25) is 0 Å². The normalized spacial score (nSPS) is 23.8. The number of rotatable bonds is 2. The first kappa shape index (κ1) is 12.8. The van der Waals surface area contributed by atoms with Gasteiger partial charge in [0.05, 0.1) is 37.0 Å². The Labute approximate surface area is 107 Å². The maximum Gasteiger partial charge on any atom is 0.130 e. The Kier molecular flexibility index (Phi) is 3.80. The lowest BCUT2D eigenvalue weighted by molar-refractivity contribution is -0.0105. The maximum absolute atomic E-state index is 9.17. The fraction of sp³-hybridized carbons (Fsp3) is 0.538. The van der Waals surface area contributed by atoms with Crippen LogP contribution in [0.25, 0.3) is 0 Å². The highest BCUT2D eigenvalue weighted by Gasteiger charge is 2.26. The summed E-state index contributed by atoms with van der Waals surface area (Å²) in [7, 11) is 0. The highest BCUT2D eigenvalue weighted by atomic mass is 16.5. The Morgan fingerprint density at radius 2 is 2.39 bits per heavy atom. The molecule has 96 valence electrons. The second-order valence-corrected chi connectivity index (χ2v) is 4.61. The molecule has 1 aromatic heterocycles. The molecule has 2 rings (SSSR count). The van der Waals surface area contributed by atoms with Crippen LogP contribution in [-0.2, 0) is 4.74 Å². The van der Waals surface area contributed by atoms with Gasteiger partial charge in [-0.05, 0) is 26.0 Å². The first-order chi connectivity index (χ1) is 8.63. The smallest absolute Gasteiger partial charge is 0.130 e. The molecule has 0 aromatic carbocycles. The van der Waals surface area contributed by atoms with E-state index in [2.05, 4.69) is 16.0 Å². The van der Waals surface area contributed by atoms with E-state index in [4.69, 9.17) is 10.00 Å². The van der Waals surface area contributed by atoms with Crippen molar-refractivity contribution >= 4 is 5.82 Å². The molecule has 0 bridgehead atoms. The number of aryl methyl sites for hydroxylation is 1. The van der Waals surface area contributed by atoms with Gasteiger partial charge >= 0.3 is 0 Å². The van der Waals surface area contributed by atoms with Crippen molar-refractivity contribution in [3.8, 4) is 6.07 Å². The number of hydrogen-bond donors (Lipinski definition) is 1. The third-order valence-corrected chi connectivity index (χ3v) is 3.07. The van der Waals surface area contributed by atoms with Gasteiger partial charge in [-0.15, -0.1) is 0 Å². The second-order valence-electron chi connectivity index (χ2n) is 4.61. The fourth-order valence-corrected chi connectivity index (χ4v) is 2.11. The summed E-state index contributed by atoms with van der Waals surface area (Å²) in [6.45, 7) is 5.07. The summed E-state index contributed by atoms with van der Waals surface area (Å²) < 4.78 is 5.49. The topological polar surface area (TPSA) is 69.4 Å². The van der Waals surface area contributed by atoms with Gasteiger partial charge in [0.1, 0.15) is 5.82 Å². The van der Waals surface area contributed by atoms with E-state index in [0.717, 1.165) is 11.5 Å². The van der Waals surface area contributed by atoms with Gasteiger partial charge in [0.25, 0.3) is 0 Å². The average molecular weight is 247 g/mol. The van der Waals surface area contributed by atoms with Crippen molar-refractivity contribution in [3.05, 3.63) is 23.4 Å². The maximum atomic E-state index is 9.17. The summed E-state index contributed by atoms with van der Waals surface area (Å²) >= 11 is 0. The molecule has 1 aliphatic heterocycles. The van der Waals surface area contributed by atoms with Crippen LogP contribution in [0, 0.1) is 18.3 Å². The minimum Gasteiger partial charge on any atom is -0.394 e. The molecule has 5 heteroatoms. The molecular formula is C13H17N3O2. The summed E-state index contributed by atoms with van der Waals surface area (Å²) in [4.78, 5) is 6.54. The molecule has 18 heavy (non-hydrogen) atoms. The highest BCUT2D eigenvalue weighted by molar-refractivity contribution is 5.47. The Bertz CT molecular complexity index is 470. The predicted octanol–water partition coefficient (Wildman–Crippen LogP) is 0.848. The molecular weight excluding hydrogens is 230 g/mol. The van der Waals surface area contributed by atoms with Crippen molar-refractivity contribution in [3.63, 3.8) is 0 Å². The van der Waals surface area contributed by atoms with Crippen LogP contribution in [0.3, 0.4) is 0 Å². The Morgan fingerprint density at radius 1 is 1.61 bits per heavy atom. The van der Waals surface area contributed by atoms with Crippen LogP contribution in [0.4, 0.5) is 5.82 Å². The minimum absolute atomic E-state index is 0.000142. The van der Waals surface area contributed by atoms with Gasteiger partial charge in [-0.1, -0.05) is 0 Å². The molecule has 0 radical (unpaired) electrons. The van der Waals surface area contributed by atoms with Crippen LogP contribution in [0.1, 0.15) is 18.2 Å². The Balaban J connectivity index is 2.29. The number of aliphatic hydroxyl groups excluding tert-OH is 1. The van der Waals surface area contributed by atoms with E-state index in [-0.39, 0.29) is 18.8 Å². The lowest BCUT2D eigenvalue weighted by Gasteiger charge is -2.38. The molecule has 2 heterocycles. The molecule has 1 saturated heterocycles. The van der Waals surface area contributed by atoms with Crippen molar-refractivity contribution in [2.45, 2.75) is 26.0 Å². The molecule has 1 N–H and O–H groups in total. The summed E-state index contributed by atoms with van der Waals surface area (Å²) in [5, 5.41) is 18.2. The third kappa shape index (κ3) is 2.61. The molecule has 0 aliphatic carbocycles. The lowest BCUT2D eigenvalue weighted by atomic mass is 10.1. The summed E-state index contributed by atoms with van der Waals surface area (Å²) in [5.74, 6) is 0.779. The van der Waals surface area contributed by atoms with Gasteiger partial charge in [0.15, 0.2) is 0 Å². The van der Waals surface area contributed by atoms with Crippen LogP contribution in [0.15, 0.2) is 12.1 Å². The van der Waals surface area contributed by atoms with Gasteiger partial charge in [0, 0.05) is 12.2 Å². The van der Waals surface area contributed by atoms with E-state index in [1.54, 1.807) is 12.1 Å². The Hall–Kier alpha value is -1.64. The molecule has 1 aliphatic rings. The second kappa shape index (κ2) is 5.34. The number of aliphatic hydroxyl groups is 1. The molecule has 1 fully saturated rings. The molecule has 0 saturated carbocycles. The zero-order valence-electron chi connectivity index (χ0n) is 10.6. The monoisotopic (exact) mass is 247 g/mol. The predicted molar refractivity (Wildman–Crippen MR) is 67.3 cm³/mol. The summed E-state index contributed by atoms with van der Waals surface area (Å²) in [6, 6.07) is 5.87. The Morgan fingerprint density at radius 3 is 3.06 bits per heavy atom. The molecule has 2 atom stereocenters. The number of hydrogen-bond acceptors (Lipinski definition) is 5. The van der Waals surface area contributed by atoms with Crippen molar-refractivity contribution in [2.75, 3.05) is 24.7 Å². The van der Waals surface area contributed by atoms with E-state index >= 15 is 0 Å². The van der Waals surface area contributed by atoms with E-state index in [0.29, 0.717) is 18.7 Å². The van der Waals surface area contributed by atoms with Gasteiger partial charge in [-0.3, -0.25) is 0 Å². The van der Waals surface area contributed by atoms with Crippen molar-refractivity contribution < 1.29 is 9.84 Å². The highest BCUT2D eigenvalue weighted by Crippen LogP contribution is 2.21. The third-order valence-electron chi connectivity index (χ3n) is 3.07. The van der Waals surface area contributed by atoms with Crippen molar-refractivity contribution in [1.82, 2.24) is 4.98 Å². The molecule has 5 nitrogen and oxygen atoms in total. The van der Waals surface area contributed by atoms with Gasteiger partial charge in [-0.2, -0.15) is 5.26 Å². The minimum atomic E-state index is -0.186. The quantitative estimate of drug-likeness (QED) is 0.839. The number of aromatic nitrogens is 1. The first-order valence-electron chi connectivity index (χ1n) is 6.02. The van der Waals surface area contributed by atoms with Crippen LogP contribution < -0.4 is 4.90 Å². The average Bonchev–Trinajstić information content (AvgIpc) is 2.38. The zero-order chi connectivity index (χ0) is 13.1. The molecule has 0 spiro atoms. The first-order valence-corrected chi connectivity index (χ1v) is 6.02. The van der Waals surface area contributed by atoms with Crippen LogP contribution in [0.5, 0.6) is 0 Å². The molecule has 0 amide bonds. The number of nitrogens with zero attached hydrogens (tertiary/aromatic N) is 3. The van der Waals surface area contributed by atoms with Gasteiger partial charge in [-0.25, -0.2) is 4.98 Å². The standard InChI is InChI=1S/C13H17N3O2/c1-9-3-11(5-14)4-13(15-9)16-6-12(7-17)18-8-10(16)2/h3-4,10,12,17H,6-8H2,1-2H3. The number of anilines is 1. The van der Waals surface area contributed by atoms with E-state index < -0.39 is 0 Å². The fourth-order valence-electron chi connectivity index (χ4n) is 2.11. The van der Waals surface area contributed by atoms with Crippen LogP contribution in [-0.4, -0.2) is 42.0 Å². The van der Waals surface area contributed by atoms with Gasteiger partial charge < -0.3 is 14.7 Å². The molecule has 1 aromatic rings. The number of morpholine rings is 1. The number of nitriles is 1. The van der Waals surface area contributed by atoms with Crippen molar-refractivity contribution in [1.29, 1.82) is 5.26 Å². The van der Waals surface area contributed by atoms with E-state index in [1.807, 2.05) is 13.8 Å². The van der Waals surface area contributed by atoms with Gasteiger partial charge in [0.2, 0.25) is 0 Å². The number of ether oxygens (including phenoxy) is 1. The summed E-state index contributed by atoms with van der Waals surface area (Å²) in [6.07, 6.45) is -0.186. The molecule has 2 unspecified atom stereocenters. The van der Waals surface area contributed by atoms with E-state index in [1.165, 1.54) is 0 Å². The SMILES string of the molecule is Cc1cc(C#N)cc(N2CC(CO)OCC2C)n1.